The zero-order valence-electron chi connectivity index (χ0n) is 9.79. The summed E-state index contributed by atoms with van der Waals surface area (Å²) in [5.41, 5.74) is 1.12. The monoisotopic (exact) mass is 208 g/mol. The highest BCUT2D eigenvalue weighted by atomic mass is 16.5. The van der Waals surface area contributed by atoms with Crippen molar-refractivity contribution in [3.05, 3.63) is 23.9 Å². The van der Waals surface area contributed by atoms with Gasteiger partial charge in [0, 0.05) is 13.2 Å². The van der Waals surface area contributed by atoms with Gasteiger partial charge in [0.15, 0.2) is 0 Å². The van der Waals surface area contributed by atoms with Crippen LogP contribution in [0.5, 0.6) is 0 Å². The molecule has 1 rings (SSSR count). The highest BCUT2D eigenvalue weighted by molar-refractivity contribution is 5.34. The summed E-state index contributed by atoms with van der Waals surface area (Å²) >= 11 is 0. The SMILES string of the molecule is CCCC(C)OCc1ccc(NC)nc1. The zero-order chi connectivity index (χ0) is 11.1. The quantitative estimate of drug-likeness (QED) is 0.780. The third kappa shape index (κ3) is 4.30. The summed E-state index contributed by atoms with van der Waals surface area (Å²) in [6.07, 6.45) is 4.46. The van der Waals surface area contributed by atoms with E-state index >= 15 is 0 Å². The van der Waals surface area contributed by atoms with Gasteiger partial charge in [-0.1, -0.05) is 19.4 Å². The molecule has 84 valence electrons. The van der Waals surface area contributed by atoms with Gasteiger partial charge in [-0.2, -0.15) is 0 Å². The molecule has 0 aliphatic heterocycles. The van der Waals surface area contributed by atoms with E-state index < -0.39 is 0 Å². The molecular weight excluding hydrogens is 188 g/mol. The first-order valence-corrected chi connectivity index (χ1v) is 5.50. The minimum absolute atomic E-state index is 0.332. The molecule has 1 N–H and O–H groups in total. The second kappa shape index (κ2) is 6.40. The van der Waals surface area contributed by atoms with E-state index in [2.05, 4.69) is 24.1 Å². The van der Waals surface area contributed by atoms with E-state index in [0.717, 1.165) is 24.2 Å². The first kappa shape index (κ1) is 12.0. The van der Waals surface area contributed by atoms with E-state index in [0.29, 0.717) is 12.7 Å². The number of hydrogen-bond acceptors (Lipinski definition) is 3. The summed E-state index contributed by atoms with van der Waals surface area (Å²) in [5.74, 6) is 0.889. The molecule has 1 heterocycles. The molecule has 1 atom stereocenters. The lowest BCUT2D eigenvalue weighted by atomic mass is 10.2. The molecule has 0 bridgehead atoms. The summed E-state index contributed by atoms with van der Waals surface area (Å²) < 4.78 is 5.68. The smallest absolute Gasteiger partial charge is 0.125 e. The van der Waals surface area contributed by atoms with Crippen LogP contribution in [0.25, 0.3) is 0 Å². The van der Waals surface area contributed by atoms with Gasteiger partial charge in [-0.3, -0.25) is 0 Å². The average molecular weight is 208 g/mol. The standard InChI is InChI=1S/C12H20N2O/c1-4-5-10(2)15-9-11-6-7-12(13-3)14-8-11/h6-8,10H,4-5,9H2,1-3H3,(H,13,14). The van der Waals surface area contributed by atoms with Crippen molar-refractivity contribution < 1.29 is 4.74 Å². The maximum Gasteiger partial charge on any atom is 0.125 e. The Bertz CT molecular complexity index is 271. The molecule has 0 radical (unpaired) electrons. The van der Waals surface area contributed by atoms with Gasteiger partial charge >= 0.3 is 0 Å². The normalized spacial score (nSPS) is 12.5. The predicted molar refractivity (Wildman–Crippen MR) is 62.9 cm³/mol. The van der Waals surface area contributed by atoms with Crippen molar-refractivity contribution in [3.8, 4) is 0 Å². The fraction of sp³-hybridized carbons (Fsp3) is 0.583. The number of rotatable bonds is 6. The van der Waals surface area contributed by atoms with Crippen LogP contribution in [0.3, 0.4) is 0 Å². The zero-order valence-corrected chi connectivity index (χ0v) is 9.79. The van der Waals surface area contributed by atoms with Crippen LogP contribution in [-0.4, -0.2) is 18.1 Å². The van der Waals surface area contributed by atoms with Gasteiger partial charge in [-0.15, -0.1) is 0 Å². The number of aromatic nitrogens is 1. The van der Waals surface area contributed by atoms with Gasteiger partial charge in [0.05, 0.1) is 12.7 Å². The van der Waals surface area contributed by atoms with E-state index in [-0.39, 0.29) is 0 Å². The van der Waals surface area contributed by atoms with Crippen molar-refractivity contribution in [2.24, 2.45) is 0 Å². The van der Waals surface area contributed by atoms with Crippen LogP contribution in [0.2, 0.25) is 0 Å². The molecule has 1 aromatic heterocycles. The van der Waals surface area contributed by atoms with E-state index in [9.17, 15) is 0 Å². The van der Waals surface area contributed by atoms with E-state index in [1.807, 2.05) is 25.4 Å². The molecular formula is C12H20N2O. The van der Waals surface area contributed by atoms with Gasteiger partial charge in [0.1, 0.15) is 5.82 Å². The Morgan fingerprint density at radius 2 is 2.27 bits per heavy atom. The molecule has 1 unspecified atom stereocenters. The molecule has 0 aliphatic rings. The number of nitrogens with zero attached hydrogens (tertiary/aromatic N) is 1. The summed E-state index contributed by atoms with van der Waals surface area (Å²) in [6, 6.07) is 4.00. The van der Waals surface area contributed by atoms with Crippen LogP contribution in [0.4, 0.5) is 5.82 Å². The molecule has 1 aromatic rings. The molecule has 0 aromatic carbocycles. The Hall–Kier alpha value is -1.09. The van der Waals surface area contributed by atoms with Crippen molar-refractivity contribution in [2.75, 3.05) is 12.4 Å². The maximum absolute atomic E-state index is 5.68. The second-order valence-corrected chi connectivity index (χ2v) is 3.71. The van der Waals surface area contributed by atoms with E-state index in [4.69, 9.17) is 4.74 Å². The molecule has 0 fully saturated rings. The number of pyridine rings is 1. The van der Waals surface area contributed by atoms with Gasteiger partial charge in [0.25, 0.3) is 0 Å². The topological polar surface area (TPSA) is 34.1 Å². The molecule has 0 spiro atoms. The van der Waals surface area contributed by atoms with Crippen LogP contribution in [0.1, 0.15) is 32.3 Å². The van der Waals surface area contributed by atoms with Gasteiger partial charge in [-0.05, 0) is 25.0 Å². The largest absolute Gasteiger partial charge is 0.374 e. The van der Waals surface area contributed by atoms with Crippen molar-refractivity contribution in [3.63, 3.8) is 0 Å². The summed E-state index contributed by atoms with van der Waals surface area (Å²) in [5, 5.41) is 2.99. The Balaban J connectivity index is 2.37. The Labute approximate surface area is 91.9 Å². The number of ether oxygens (including phenoxy) is 1. The van der Waals surface area contributed by atoms with Crippen LogP contribution < -0.4 is 5.32 Å². The summed E-state index contributed by atoms with van der Waals surface area (Å²) in [7, 11) is 1.86. The Morgan fingerprint density at radius 1 is 1.47 bits per heavy atom. The predicted octanol–water partition coefficient (Wildman–Crippen LogP) is 2.83. The number of nitrogens with one attached hydrogen (secondary N) is 1. The average Bonchev–Trinajstić information content (AvgIpc) is 2.27. The molecule has 3 nitrogen and oxygen atoms in total. The summed E-state index contributed by atoms with van der Waals surface area (Å²) in [6.45, 7) is 4.93. The third-order valence-corrected chi connectivity index (χ3v) is 2.31. The van der Waals surface area contributed by atoms with Gasteiger partial charge in [0.2, 0.25) is 0 Å². The first-order valence-electron chi connectivity index (χ1n) is 5.50. The van der Waals surface area contributed by atoms with E-state index in [1.165, 1.54) is 0 Å². The Kier molecular flexibility index (Phi) is 5.12. The molecule has 0 aliphatic carbocycles. The first-order chi connectivity index (χ1) is 7.26. The molecule has 0 saturated heterocycles. The summed E-state index contributed by atoms with van der Waals surface area (Å²) in [4.78, 5) is 4.23. The molecule has 0 saturated carbocycles. The van der Waals surface area contributed by atoms with Gasteiger partial charge in [-0.25, -0.2) is 4.98 Å². The lowest BCUT2D eigenvalue weighted by Gasteiger charge is -2.11. The lowest BCUT2D eigenvalue weighted by molar-refractivity contribution is 0.0470. The van der Waals surface area contributed by atoms with Crippen molar-refractivity contribution in [1.82, 2.24) is 4.98 Å². The van der Waals surface area contributed by atoms with Crippen LogP contribution >= 0.6 is 0 Å². The van der Waals surface area contributed by atoms with Crippen LogP contribution in [-0.2, 0) is 11.3 Å². The minimum atomic E-state index is 0.332. The number of hydrogen-bond donors (Lipinski definition) is 1. The third-order valence-electron chi connectivity index (χ3n) is 2.31. The molecule has 0 amide bonds. The molecule has 15 heavy (non-hydrogen) atoms. The maximum atomic E-state index is 5.68. The highest BCUT2D eigenvalue weighted by Gasteiger charge is 2.01. The molecule has 3 heteroatoms. The Morgan fingerprint density at radius 3 is 2.80 bits per heavy atom. The fourth-order valence-electron chi connectivity index (χ4n) is 1.39. The highest BCUT2D eigenvalue weighted by Crippen LogP contribution is 2.08. The van der Waals surface area contributed by atoms with Crippen molar-refractivity contribution >= 4 is 5.82 Å². The van der Waals surface area contributed by atoms with E-state index in [1.54, 1.807) is 0 Å². The lowest BCUT2D eigenvalue weighted by Crippen LogP contribution is -2.07. The second-order valence-electron chi connectivity index (χ2n) is 3.71. The van der Waals surface area contributed by atoms with Crippen LogP contribution in [0, 0.1) is 0 Å². The van der Waals surface area contributed by atoms with Gasteiger partial charge < -0.3 is 10.1 Å². The minimum Gasteiger partial charge on any atom is -0.374 e. The number of anilines is 1. The van der Waals surface area contributed by atoms with Crippen molar-refractivity contribution in [1.29, 1.82) is 0 Å². The van der Waals surface area contributed by atoms with Crippen LogP contribution in [0.15, 0.2) is 18.3 Å². The fourth-order valence-corrected chi connectivity index (χ4v) is 1.39. The van der Waals surface area contributed by atoms with Crippen molar-refractivity contribution in [2.45, 2.75) is 39.4 Å².